The van der Waals surface area contributed by atoms with Crippen molar-refractivity contribution in [1.82, 2.24) is 15.2 Å². The molecule has 0 unspecified atom stereocenters. The maximum atomic E-state index is 9.73. The molecule has 7 nitrogen and oxygen atoms in total. The summed E-state index contributed by atoms with van der Waals surface area (Å²) < 4.78 is 11.6. The van der Waals surface area contributed by atoms with Gasteiger partial charge in [-0.15, -0.1) is 21.5 Å². The molecule has 4 rings (SSSR count). The SMILES string of the molecule is Cc1ncc(-c2nnc(-c3cc(OCCc4ccccc4)ccc3B(O)O)o2)s1. The number of hydrogen-bond acceptors (Lipinski definition) is 8. The Bertz CT molecular complexity index is 1100. The first-order chi connectivity index (χ1) is 14.1. The van der Waals surface area contributed by atoms with Gasteiger partial charge in [0.25, 0.3) is 5.89 Å². The van der Waals surface area contributed by atoms with Crippen LogP contribution in [0.4, 0.5) is 0 Å². The van der Waals surface area contributed by atoms with Gasteiger partial charge in [-0.25, -0.2) is 4.98 Å². The van der Waals surface area contributed by atoms with Crippen LogP contribution in [0.3, 0.4) is 0 Å². The van der Waals surface area contributed by atoms with Crippen molar-refractivity contribution in [3.05, 3.63) is 65.3 Å². The average molecular weight is 407 g/mol. The molecule has 146 valence electrons. The second kappa shape index (κ2) is 8.56. The van der Waals surface area contributed by atoms with E-state index in [1.807, 2.05) is 37.3 Å². The van der Waals surface area contributed by atoms with Crippen LogP contribution in [0.15, 0.2) is 59.1 Å². The molecular formula is C20H18BN3O4S. The Hall–Kier alpha value is -3.01. The molecule has 0 saturated carbocycles. The minimum absolute atomic E-state index is 0.183. The van der Waals surface area contributed by atoms with E-state index in [0.717, 1.165) is 16.3 Å². The van der Waals surface area contributed by atoms with Crippen LogP contribution in [-0.4, -0.2) is 39.0 Å². The molecule has 0 aliphatic rings. The van der Waals surface area contributed by atoms with Crippen molar-refractivity contribution in [2.24, 2.45) is 0 Å². The van der Waals surface area contributed by atoms with E-state index in [2.05, 4.69) is 15.2 Å². The van der Waals surface area contributed by atoms with E-state index in [4.69, 9.17) is 9.15 Å². The molecule has 29 heavy (non-hydrogen) atoms. The largest absolute Gasteiger partial charge is 0.493 e. The zero-order chi connectivity index (χ0) is 20.2. The second-order valence-electron chi connectivity index (χ2n) is 6.36. The molecular weight excluding hydrogens is 389 g/mol. The molecule has 0 atom stereocenters. The predicted molar refractivity (Wildman–Crippen MR) is 111 cm³/mol. The van der Waals surface area contributed by atoms with E-state index >= 15 is 0 Å². The molecule has 0 aliphatic carbocycles. The standard InChI is InChI=1S/C20H18BN3O4S/c1-13-22-12-18(29-13)20-24-23-19(28-20)16-11-15(7-8-17(16)21(25)26)27-10-9-14-5-3-2-4-6-14/h2-8,11-12,25-26H,9-10H2,1H3. The lowest BCUT2D eigenvalue weighted by molar-refractivity contribution is 0.322. The van der Waals surface area contributed by atoms with E-state index in [1.54, 1.807) is 24.4 Å². The second-order valence-corrected chi connectivity index (χ2v) is 7.60. The quantitative estimate of drug-likeness (QED) is 0.454. The van der Waals surface area contributed by atoms with Crippen LogP contribution < -0.4 is 10.2 Å². The number of rotatable bonds is 7. The molecule has 0 spiro atoms. The van der Waals surface area contributed by atoms with Crippen LogP contribution >= 0.6 is 11.3 Å². The van der Waals surface area contributed by atoms with Crippen LogP contribution in [-0.2, 0) is 6.42 Å². The van der Waals surface area contributed by atoms with Crippen LogP contribution in [0.5, 0.6) is 5.75 Å². The van der Waals surface area contributed by atoms with Crippen molar-refractivity contribution in [3.63, 3.8) is 0 Å². The first-order valence-corrected chi connectivity index (χ1v) is 9.85. The van der Waals surface area contributed by atoms with Gasteiger partial charge < -0.3 is 19.2 Å². The first-order valence-electron chi connectivity index (χ1n) is 9.03. The molecule has 0 fully saturated rings. The van der Waals surface area contributed by atoms with Crippen LogP contribution in [0.2, 0.25) is 0 Å². The number of ether oxygens (including phenoxy) is 1. The van der Waals surface area contributed by atoms with Gasteiger partial charge in [0, 0.05) is 12.0 Å². The molecule has 2 aromatic carbocycles. The molecule has 2 aromatic heterocycles. The summed E-state index contributed by atoms with van der Waals surface area (Å²) in [5.41, 5.74) is 1.85. The van der Waals surface area contributed by atoms with Crippen molar-refractivity contribution in [3.8, 4) is 28.0 Å². The van der Waals surface area contributed by atoms with Crippen molar-refractivity contribution >= 4 is 23.9 Å². The third-order valence-electron chi connectivity index (χ3n) is 4.29. The molecule has 2 N–H and O–H groups in total. The summed E-state index contributed by atoms with van der Waals surface area (Å²) in [7, 11) is -1.68. The lowest BCUT2D eigenvalue weighted by Gasteiger charge is -2.10. The van der Waals surface area contributed by atoms with E-state index in [1.165, 1.54) is 16.9 Å². The summed E-state index contributed by atoms with van der Waals surface area (Å²) >= 11 is 1.44. The Morgan fingerprint density at radius 2 is 1.86 bits per heavy atom. The zero-order valence-corrected chi connectivity index (χ0v) is 16.5. The fraction of sp³-hybridized carbons (Fsp3) is 0.150. The van der Waals surface area contributed by atoms with Crippen LogP contribution in [0.25, 0.3) is 22.2 Å². The highest BCUT2D eigenvalue weighted by atomic mass is 32.1. The number of aromatic nitrogens is 3. The number of aryl methyl sites for hydroxylation is 1. The molecule has 0 bridgehead atoms. The summed E-state index contributed by atoms with van der Waals surface area (Å²) in [5.74, 6) is 1.09. The maximum Gasteiger partial charge on any atom is 0.489 e. The van der Waals surface area contributed by atoms with Gasteiger partial charge in [-0.3, -0.25) is 0 Å². The predicted octanol–water partition coefficient (Wildman–Crippen LogP) is 2.47. The smallest absolute Gasteiger partial charge is 0.489 e. The van der Waals surface area contributed by atoms with Gasteiger partial charge in [-0.2, -0.15) is 0 Å². The normalized spacial score (nSPS) is 10.9. The van der Waals surface area contributed by atoms with E-state index < -0.39 is 7.12 Å². The van der Waals surface area contributed by atoms with Gasteiger partial charge in [0.15, 0.2) is 0 Å². The average Bonchev–Trinajstić information content (AvgIpc) is 3.38. The molecule has 0 saturated heterocycles. The van der Waals surface area contributed by atoms with Crippen molar-refractivity contribution in [2.45, 2.75) is 13.3 Å². The van der Waals surface area contributed by atoms with Gasteiger partial charge in [0.1, 0.15) is 10.6 Å². The molecule has 2 heterocycles. The molecule has 4 aromatic rings. The fourth-order valence-corrected chi connectivity index (χ4v) is 3.56. The molecule has 0 aliphatic heterocycles. The van der Waals surface area contributed by atoms with E-state index in [9.17, 15) is 10.0 Å². The van der Waals surface area contributed by atoms with Crippen molar-refractivity contribution in [2.75, 3.05) is 6.61 Å². The Morgan fingerprint density at radius 1 is 1.07 bits per heavy atom. The Balaban J connectivity index is 1.56. The highest BCUT2D eigenvalue weighted by molar-refractivity contribution is 7.14. The Morgan fingerprint density at radius 3 is 2.59 bits per heavy atom. The minimum Gasteiger partial charge on any atom is -0.493 e. The van der Waals surface area contributed by atoms with Gasteiger partial charge in [-0.05, 0) is 30.1 Å². The summed E-state index contributed by atoms with van der Waals surface area (Å²) in [6.45, 7) is 2.38. The third kappa shape index (κ3) is 4.53. The van der Waals surface area contributed by atoms with Crippen LogP contribution in [0.1, 0.15) is 10.6 Å². The maximum absolute atomic E-state index is 9.73. The molecule has 9 heteroatoms. The number of benzene rings is 2. The number of thiazole rings is 1. The van der Waals surface area contributed by atoms with E-state index in [-0.39, 0.29) is 11.4 Å². The summed E-state index contributed by atoms with van der Waals surface area (Å²) in [6.07, 6.45) is 2.43. The molecule has 0 amide bonds. The summed E-state index contributed by atoms with van der Waals surface area (Å²) in [4.78, 5) is 4.94. The zero-order valence-electron chi connectivity index (χ0n) is 15.6. The highest BCUT2D eigenvalue weighted by Crippen LogP contribution is 2.28. The molecule has 0 radical (unpaired) electrons. The first kappa shape index (κ1) is 19.3. The van der Waals surface area contributed by atoms with E-state index in [0.29, 0.717) is 23.8 Å². The van der Waals surface area contributed by atoms with Gasteiger partial charge >= 0.3 is 7.12 Å². The van der Waals surface area contributed by atoms with Crippen LogP contribution in [0, 0.1) is 6.92 Å². The van der Waals surface area contributed by atoms with Gasteiger partial charge in [0.05, 0.1) is 17.8 Å². The fourth-order valence-electron chi connectivity index (χ4n) is 2.86. The van der Waals surface area contributed by atoms with Crippen molar-refractivity contribution < 1.29 is 19.2 Å². The summed E-state index contributed by atoms with van der Waals surface area (Å²) in [5, 5.41) is 28.5. The third-order valence-corrected chi connectivity index (χ3v) is 5.19. The summed E-state index contributed by atoms with van der Waals surface area (Å²) in [6, 6.07) is 15.0. The lowest BCUT2D eigenvalue weighted by atomic mass is 9.77. The Kier molecular flexibility index (Phi) is 5.70. The van der Waals surface area contributed by atoms with Crippen molar-refractivity contribution in [1.29, 1.82) is 0 Å². The lowest BCUT2D eigenvalue weighted by Crippen LogP contribution is -2.31. The minimum atomic E-state index is -1.68. The topological polar surface area (TPSA) is 102 Å². The van der Waals surface area contributed by atoms with Gasteiger partial charge in [0.2, 0.25) is 5.89 Å². The Labute approximate surface area is 171 Å². The highest BCUT2D eigenvalue weighted by Gasteiger charge is 2.22. The number of hydrogen-bond donors (Lipinski definition) is 2. The number of nitrogens with zero attached hydrogens (tertiary/aromatic N) is 3. The monoisotopic (exact) mass is 407 g/mol. The van der Waals surface area contributed by atoms with Gasteiger partial charge in [-0.1, -0.05) is 36.4 Å².